The van der Waals surface area contributed by atoms with Gasteiger partial charge in [-0.05, 0) is 36.6 Å². The molecule has 0 atom stereocenters. The highest BCUT2D eigenvalue weighted by atomic mass is 19.4. The van der Waals surface area contributed by atoms with Gasteiger partial charge in [-0.25, -0.2) is 4.98 Å². The summed E-state index contributed by atoms with van der Waals surface area (Å²) in [6.45, 7) is 0. The first-order valence-electron chi connectivity index (χ1n) is 10.5. The van der Waals surface area contributed by atoms with Gasteiger partial charge in [-0.1, -0.05) is 66.7 Å². The molecule has 0 spiro atoms. The normalized spacial score (nSPS) is 14.6. The van der Waals surface area contributed by atoms with E-state index in [1.165, 1.54) is 18.2 Å². The van der Waals surface area contributed by atoms with E-state index in [-0.39, 0.29) is 11.4 Å². The van der Waals surface area contributed by atoms with Crippen molar-refractivity contribution in [2.45, 2.75) is 24.4 Å². The molecule has 3 aromatic carbocycles. The molecule has 1 N–H and O–H groups in total. The van der Waals surface area contributed by atoms with Gasteiger partial charge in [-0.15, -0.1) is 0 Å². The van der Waals surface area contributed by atoms with Gasteiger partial charge in [-0.2, -0.15) is 13.2 Å². The maximum absolute atomic E-state index is 13.6. The van der Waals surface area contributed by atoms with Gasteiger partial charge in [0.15, 0.2) is 0 Å². The number of oxazole rings is 1. The lowest BCUT2D eigenvalue weighted by Crippen LogP contribution is -2.30. The third kappa shape index (κ3) is 3.91. The van der Waals surface area contributed by atoms with E-state index in [4.69, 9.17) is 4.42 Å². The molecule has 0 saturated heterocycles. The average molecular weight is 448 g/mol. The zero-order chi connectivity index (χ0) is 23.1. The van der Waals surface area contributed by atoms with Gasteiger partial charge in [0.25, 0.3) is 0 Å². The molecule has 1 aliphatic carbocycles. The third-order valence-electron chi connectivity index (χ3n) is 5.85. The minimum absolute atomic E-state index is 0.0148. The number of benzene rings is 3. The van der Waals surface area contributed by atoms with Crippen molar-refractivity contribution < 1.29 is 22.4 Å². The Morgan fingerprint density at radius 3 is 2.03 bits per heavy atom. The van der Waals surface area contributed by atoms with E-state index in [9.17, 15) is 18.0 Å². The summed E-state index contributed by atoms with van der Waals surface area (Å²) in [7, 11) is 0. The van der Waals surface area contributed by atoms with Crippen LogP contribution in [0.5, 0.6) is 0 Å². The van der Waals surface area contributed by atoms with E-state index >= 15 is 0 Å². The fourth-order valence-electron chi connectivity index (χ4n) is 4.01. The molecule has 1 fully saturated rings. The van der Waals surface area contributed by atoms with Crippen LogP contribution >= 0.6 is 0 Å². The number of nitrogens with one attached hydrogen (secondary N) is 1. The number of rotatable bonds is 5. The van der Waals surface area contributed by atoms with Crippen LogP contribution in [-0.2, 0) is 16.4 Å². The van der Waals surface area contributed by atoms with Crippen molar-refractivity contribution in [2.24, 2.45) is 0 Å². The lowest BCUT2D eigenvalue weighted by molar-refractivity contribution is -0.138. The summed E-state index contributed by atoms with van der Waals surface area (Å²) in [5.41, 5.74) is -0.192. The minimum Gasteiger partial charge on any atom is -0.420 e. The summed E-state index contributed by atoms with van der Waals surface area (Å²) in [6, 6.07) is 23.6. The van der Waals surface area contributed by atoms with Crippen molar-refractivity contribution in [2.75, 3.05) is 5.32 Å². The number of halogens is 3. The fraction of sp³-hybridized carbons (Fsp3) is 0.154. The second kappa shape index (κ2) is 7.92. The summed E-state index contributed by atoms with van der Waals surface area (Å²) >= 11 is 0. The molecular weight excluding hydrogens is 429 g/mol. The molecule has 1 heterocycles. The van der Waals surface area contributed by atoms with Crippen molar-refractivity contribution >= 4 is 11.8 Å². The standard InChI is InChI=1S/C26H19F3N2O2/c27-26(28,29)20-14-8-7-13-19(20)25(15-16-25)24(32)31-23-21(17-9-3-1-4-10-17)30-22(33-23)18-11-5-2-6-12-18/h1-14H,15-16H2,(H,31,32). The van der Waals surface area contributed by atoms with Gasteiger partial charge < -0.3 is 4.42 Å². The highest BCUT2D eigenvalue weighted by Crippen LogP contribution is 2.52. The SMILES string of the molecule is O=C(Nc1oc(-c2ccccc2)nc1-c1ccccc1)C1(c2ccccc2C(F)(F)F)CC1. The summed E-state index contributed by atoms with van der Waals surface area (Å²) in [6.07, 6.45) is -3.90. The van der Waals surface area contributed by atoms with Crippen LogP contribution in [0.25, 0.3) is 22.7 Å². The molecule has 0 unspecified atom stereocenters. The Morgan fingerprint density at radius 1 is 0.848 bits per heavy atom. The molecule has 1 saturated carbocycles. The minimum atomic E-state index is -4.55. The smallest absolute Gasteiger partial charge is 0.416 e. The Balaban J connectivity index is 1.53. The lowest BCUT2D eigenvalue weighted by atomic mass is 9.90. The molecule has 5 rings (SSSR count). The van der Waals surface area contributed by atoms with Crippen LogP contribution in [0.1, 0.15) is 24.0 Å². The molecule has 4 nitrogen and oxygen atoms in total. The van der Waals surface area contributed by atoms with Crippen molar-refractivity contribution in [3.05, 3.63) is 96.1 Å². The van der Waals surface area contributed by atoms with Gasteiger partial charge in [0.05, 0.1) is 11.0 Å². The van der Waals surface area contributed by atoms with Crippen LogP contribution in [0.3, 0.4) is 0 Å². The molecule has 7 heteroatoms. The topological polar surface area (TPSA) is 55.1 Å². The first kappa shape index (κ1) is 21.0. The molecule has 1 aromatic heterocycles. The van der Waals surface area contributed by atoms with Crippen molar-refractivity contribution in [3.63, 3.8) is 0 Å². The predicted molar refractivity (Wildman–Crippen MR) is 118 cm³/mol. The third-order valence-corrected chi connectivity index (χ3v) is 5.85. The molecule has 166 valence electrons. The van der Waals surface area contributed by atoms with E-state index in [0.717, 1.165) is 17.2 Å². The predicted octanol–water partition coefficient (Wildman–Crippen LogP) is 6.70. The molecular formula is C26H19F3N2O2. The van der Waals surface area contributed by atoms with Crippen LogP contribution < -0.4 is 5.32 Å². The van der Waals surface area contributed by atoms with Gasteiger partial charge in [0.2, 0.25) is 17.7 Å². The maximum Gasteiger partial charge on any atom is 0.416 e. The van der Waals surface area contributed by atoms with Gasteiger partial charge in [0, 0.05) is 11.1 Å². The Labute approximate surface area is 188 Å². The number of anilines is 1. The van der Waals surface area contributed by atoms with Gasteiger partial charge in [-0.3, -0.25) is 10.1 Å². The van der Waals surface area contributed by atoms with E-state index in [1.54, 1.807) is 0 Å². The quantitative estimate of drug-likeness (QED) is 0.370. The molecule has 0 bridgehead atoms. The molecule has 1 amide bonds. The summed E-state index contributed by atoms with van der Waals surface area (Å²) in [5, 5.41) is 2.74. The van der Waals surface area contributed by atoms with E-state index in [0.29, 0.717) is 24.4 Å². The van der Waals surface area contributed by atoms with Crippen LogP contribution in [0.4, 0.5) is 19.1 Å². The zero-order valence-corrected chi connectivity index (χ0v) is 17.4. The monoisotopic (exact) mass is 448 g/mol. The Kier molecular flexibility index (Phi) is 5.04. The van der Waals surface area contributed by atoms with Crippen LogP contribution in [0, 0.1) is 0 Å². The summed E-state index contributed by atoms with van der Waals surface area (Å²) in [4.78, 5) is 17.9. The molecule has 1 aliphatic rings. The Hall–Kier alpha value is -3.87. The fourth-order valence-corrected chi connectivity index (χ4v) is 4.01. The van der Waals surface area contributed by atoms with Crippen molar-refractivity contribution in [1.82, 2.24) is 4.98 Å². The Bertz CT molecular complexity index is 1290. The first-order chi connectivity index (χ1) is 15.9. The van der Waals surface area contributed by atoms with Gasteiger partial charge in [0.1, 0.15) is 5.69 Å². The molecule has 4 aromatic rings. The number of aromatic nitrogens is 1. The highest BCUT2D eigenvalue weighted by molar-refractivity contribution is 6.02. The number of alkyl halides is 3. The molecule has 0 radical (unpaired) electrons. The Morgan fingerprint density at radius 2 is 1.42 bits per heavy atom. The molecule has 0 aliphatic heterocycles. The first-order valence-corrected chi connectivity index (χ1v) is 10.5. The summed E-state index contributed by atoms with van der Waals surface area (Å²) < 4.78 is 46.8. The van der Waals surface area contributed by atoms with Gasteiger partial charge >= 0.3 is 6.18 Å². The second-order valence-corrected chi connectivity index (χ2v) is 8.01. The maximum atomic E-state index is 13.6. The van der Waals surface area contributed by atoms with Crippen molar-refractivity contribution in [3.8, 4) is 22.7 Å². The number of carbonyl (C=O) groups excluding carboxylic acids is 1. The second-order valence-electron chi connectivity index (χ2n) is 8.01. The van der Waals surface area contributed by atoms with Crippen LogP contribution in [-0.4, -0.2) is 10.9 Å². The van der Waals surface area contributed by atoms with E-state index in [2.05, 4.69) is 10.3 Å². The van der Waals surface area contributed by atoms with Crippen LogP contribution in [0.15, 0.2) is 89.3 Å². The highest BCUT2D eigenvalue weighted by Gasteiger charge is 2.55. The average Bonchev–Trinajstić information content (AvgIpc) is 3.54. The number of hydrogen-bond donors (Lipinski definition) is 1. The number of carbonyl (C=O) groups is 1. The number of amides is 1. The lowest BCUT2D eigenvalue weighted by Gasteiger charge is -2.20. The van der Waals surface area contributed by atoms with E-state index in [1.807, 2.05) is 60.7 Å². The zero-order valence-electron chi connectivity index (χ0n) is 17.4. The molecule has 33 heavy (non-hydrogen) atoms. The summed E-state index contributed by atoms with van der Waals surface area (Å²) in [5.74, 6) is -0.113. The van der Waals surface area contributed by atoms with Crippen molar-refractivity contribution in [1.29, 1.82) is 0 Å². The number of hydrogen-bond acceptors (Lipinski definition) is 3. The van der Waals surface area contributed by atoms with E-state index < -0.39 is 23.1 Å². The largest absolute Gasteiger partial charge is 0.420 e. The number of nitrogens with zero attached hydrogens (tertiary/aromatic N) is 1. The van der Waals surface area contributed by atoms with Crippen LogP contribution in [0.2, 0.25) is 0 Å².